The van der Waals surface area contributed by atoms with Crippen LogP contribution in [0.2, 0.25) is 0 Å². The summed E-state index contributed by atoms with van der Waals surface area (Å²) in [6, 6.07) is 12.6. The van der Waals surface area contributed by atoms with Crippen molar-refractivity contribution < 1.29 is 27.4 Å². The summed E-state index contributed by atoms with van der Waals surface area (Å²) in [5.74, 6) is 1.83. The minimum Gasteiger partial charge on any atom is -0.497 e. The Kier molecular flexibility index (Phi) is 6.43. The van der Waals surface area contributed by atoms with Crippen LogP contribution in [0.4, 0.5) is 5.69 Å². The van der Waals surface area contributed by atoms with Crippen LogP contribution in [0, 0.1) is 0 Å². The second-order valence-electron chi connectivity index (χ2n) is 7.82. The van der Waals surface area contributed by atoms with Crippen molar-refractivity contribution in [3.05, 3.63) is 48.0 Å². The number of rotatable bonds is 7. The van der Waals surface area contributed by atoms with Gasteiger partial charge in [-0.1, -0.05) is 12.1 Å². The highest BCUT2D eigenvalue weighted by molar-refractivity contribution is 7.92. The van der Waals surface area contributed by atoms with Crippen molar-refractivity contribution in [2.45, 2.75) is 6.54 Å². The molecule has 2 aromatic carbocycles. The van der Waals surface area contributed by atoms with Crippen molar-refractivity contribution in [3.63, 3.8) is 0 Å². The summed E-state index contributed by atoms with van der Waals surface area (Å²) in [5, 5.41) is 0. The van der Waals surface area contributed by atoms with Gasteiger partial charge in [0.05, 0.1) is 19.1 Å². The fourth-order valence-corrected chi connectivity index (χ4v) is 4.68. The van der Waals surface area contributed by atoms with E-state index in [-0.39, 0.29) is 19.2 Å². The average molecular weight is 462 g/mol. The van der Waals surface area contributed by atoms with Gasteiger partial charge in [0.2, 0.25) is 22.7 Å². The van der Waals surface area contributed by atoms with Crippen molar-refractivity contribution >= 4 is 21.6 Å². The van der Waals surface area contributed by atoms with Crippen molar-refractivity contribution in [3.8, 4) is 17.2 Å². The number of amides is 1. The quantitative estimate of drug-likeness (QED) is 0.618. The zero-order valence-corrected chi connectivity index (χ0v) is 19.0. The largest absolute Gasteiger partial charge is 0.497 e. The minimum atomic E-state index is -3.64. The molecule has 4 rings (SSSR count). The molecule has 1 saturated heterocycles. The Labute approximate surface area is 188 Å². The van der Waals surface area contributed by atoms with Crippen LogP contribution < -0.4 is 18.5 Å². The number of anilines is 1. The molecule has 0 bridgehead atoms. The van der Waals surface area contributed by atoms with Crippen LogP contribution in [0.15, 0.2) is 42.5 Å². The molecule has 0 aliphatic carbocycles. The van der Waals surface area contributed by atoms with Gasteiger partial charge in [-0.15, -0.1) is 0 Å². The molecule has 2 aromatic rings. The highest BCUT2D eigenvalue weighted by atomic mass is 32.2. The molecule has 2 heterocycles. The van der Waals surface area contributed by atoms with E-state index >= 15 is 0 Å². The van der Waals surface area contributed by atoms with E-state index in [9.17, 15) is 13.2 Å². The molecule has 1 fully saturated rings. The average Bonchev–Trinajstić information content (AvgIpc) is 3.25. The maximum atomic E-state index is 12.9. The van der Waals surface area contributed by atoms with Gasteiger partial charge in [-0.3, -0.25) is 14.0 Å². The van der Waals surface area contributed by atoms with Gasteiger partial charge in [-0.2, -0.15) is 0 Å². The Hall–Kier alpha value is -2.98. The first-order valence-corrected chi connectivity index (χ1v) is 12.2. The van der Waals surface area contributed by atoms with Gasteiger partial charge >= 0.3 is 0 Å². The Morgan fingerprint density at radius 1 is 1.06 bits per heavy atom. The van der Waals surface area contributed by atoms with Crippen molar-refractivity contribution in [2.24, 2.45) is 0 Å². The summed E-state index contributed by atoms with van der Waals surface area (Å²) in [7, 11) is -2.12. The van der Waals surface area contributed by atoms with Crippen LogP contribution in [0.1, 0.15) is 5.56 Å². The van der Waals surface area contributed by atoms with Crippen LogP contribution >= 0.6 is 0 Å². The third-order valence-electron chi connectivity index (χ3n) is 5.59. The monoisotopic (exact) mass is 461 g/mol. The van der Waals surface area contributed by atoms with E-state index in [4.69, 9.17) is 14.2 Å². The smallest absolute Gasteiger partial charge is 0.243 e. The predicted octanol–water partition coefficient (Wildman–Crippen LogP) is 1.53. The number of fused-ring (bicyclic) bond motifs is 1. The van der Waals surface area contributed by atoms with Crippen LogP contribution in [-0.2, 0) is 21.4 Å². The molecular weight excluding hydrogens is 434 g/mol. The molecule has 2 aliphatic rings. The lowest BCUT2D eigenvalue weighted by molar-refractivity contribution is -0.131. The molecule has 0 spiro atoms. The molecule has 9 nitrogen and oxygen atoms in total. The Bertz CT molecular complexity index is 1080. The van der Waals surface area contributed by atoms with Crippen molar-refractivity contribution in [2.75, 3.05) is 57.2 Å². The fraction of sp³-hybridized carbons (Fsp3) is 0.409. The number of hydrogen-bond acceptors (Lipinski definition) is 7. The molecule has 2 aliphatic heterocycles. The number of hydrogen-bond donors (Lipinski definition) is 0. The van der Waals surface area contributed by atoms with E-state index in [0.717, 1.165) is 34.2 Å². The number of methoxy groups -OCH3 is 1. The van der Waals surface area contributed by atoms with Crippen molar-refractivity contribution in [1.29, 1.82) is 0 Å². The van der Waals surface area contributed by atoms with Gasteiger partial charge in [-0.25, -0.2) is 8.42 Å². The molecule has 0 aromatic heterocycles. The Morgan fingerprint density at radius 3 is 2.53 bits per heavy atom. The summed E-state index contributed by atoms with van der Waals surface area (Å²) in [6.07, 6.45) is 1.10. The number of piperazine rings is 1. The first-order valence-electron chi connectivity index (χ1n) is 10.3. The van der Waals surface area contributed by atoms with Crippen LogP contribution in [0.5, 0.6) is 17.2 Å². The maximum Gasteiger partial charge on any atom is 0.243 e. The number of sulfonamides is 1. The Morgan fingerprint density at radius 2 is 1.81 bits per heavy atom. The summed E-state index contributed by atoms with van der Waals surface area (Å²) < 4.78 is 41.8. The topological polar surface area (TPSA) is 88.6 Å². The first kappa shape index (κ1) is 22.2. The predicted molar refractivity (Wildman–Crippen MR) is 120 cm³/mol. The van der Waals surface area contributed by atoms with Crippen LogP contribution in [0.3, 0.4) is 0 Å². The van der Waals surface area contributed by atoms with E-state index in [0.29, 0.717) is 37.6 Å². The zero-order chi connectivity index (χ0) is 22.7. The maximum absolute atomic E-state index is 12.9. The van der Waals surface area contributed by atoms with Crippen LogP contribution in [-0.4, -0.2) is 77.0 Å². The second kappa shape index (κ2) is 9.25. The van der Waals surface area contributed by atoms with Gasteiger partial charge in [0.25, 0.3) is 0 Å². The van der Waals surface area contributed by atoms with E-state index in [1.54, 1.807) is 29.2 Å². The molecule has 32 heavy (non-hydrogen) atoms. The molecule has 1 amide bonds. The normalized spacial score (nSPS) is 16.1. The standard InChI is InChI=1S/C22H27N3O6S/c1-29-19-5-3-4-18(13-19)25(32(2,27)28)15-22(26)24-10-8-23(9-11-24)14-17-6-7-20-21(12-17)31-16-30-20/h3-7,12-13H,8-11,14-16H2,1-2H3. The first-order chi connectivity index (χ1) is 15.3. The molecular formula is C22H27N3O6S. The molecule has 0 radical (unpaired) electrons. The molecule has 0 N–H and O–H groups in total. The van der Waals surface area contributed by atoms with E-state index in [2.05, 4.69) is 4.90 Å². The number of benzene rings is 2. The van der Waals surface area contributed by atoms with Gasteiger partial charge < -0.3 is 19.1 Å². The molecule has 172 valence electrons. The van der Waals surface area contributed by atoms with Gasteiger partial charge in [0, 0.05) is 38.8 Å². The fourth-order valence-electron chi connectivity index (χ4n) is 3.84. The van der Waals surface area contributed by atoms with Gasteiger partial charge in [-0.05, 0) is 29.8 Å². The lowest BCUT2D eigenvalue weighted by atomic mass is 10.1. The lowest BCUT2D eigenvalue weighted by Gasteiger charge is -2.36. The third-order valence-corrected chi connectivity index (χ3v) is 6.73. The number of carbonyl (C=O) groups excluding carboxylic acids is 1. The zero-order valence-electron chi connectivity index (χ0n) is 18.2. The third kappa shape index (κ3) is 5.08. The highest BCUT2D eigenvalue weighted by Gasteiger charge is 2.27. The summed E-state index contributed by atoms with van der Waals surface area (Å²) in [6.45, 7) is 3.25. The summed E-state index contributed by atoms with van der Waals surface area (Å²) >= 11 is 0. The molecule has 0 saturated carbocycles. The molecule has 0 atom stereocenters. The van der Waals surface area contributed by atoms with Gasteiger partial charge in [0.1, 0.15) is 12.3 Å². The molecule has 10 heteroatoms. The summed E-state index contributed by atoms with van der Waals surface area (Å²) in [4.78, 5) is 16.9. The van der Waals surface area contributed by atoms with E-state index in [1.165, 1.54) is 7.11 Å². The summed E-state index contributed by atoms with van der Waals surface area (Å²) in [5.41, 5.74) is 1.52. The number of nitrogens with zero attached hydrogens (tertiary/aromatic N) is 3. The minimum absolute atomic E-state index is 0.221. The highest BCUT2D eigenvalue weighted by Crippen LogP contribution is 2.33. The van der Waals surface area contributed by atoms with E-state index in [1.807, 2.05) is 18.2 Å². The second-order valence-corrected chi connectivity index (χ2v) is 9.72. The van der Waals surface area contributed by atoms with Crippen molar-refractivity contribution in [1.82, 2.24) is 9.80 Å². The number of carbonyl (C=O) groups is 1. The molecule has 0 unspecified atom stereocenters. The van der Waals surface area contributed by atoms with E-state index < -0.39 is 10.0 Å². The lowest BCUT2D eigenvalue weighted by Crippen LogP contribution is -2.51. The van der Waals surface area contributed by atoms with Crippen LogP contribution in [0.25, 0.3) is 0 Å². The SMILES string of the molecule is COc1cccc(N(CC(=O)N2CCN(Cc3ccc4c(c3)OCO4)CC2)S(C)(=O)=O)c1. The number of ether oxygens (including phenoxy) is 3. The Balaban J connectivity index is 1.35. The van der Waals surface area contributed by atoms with Gasteiger partial charge in [0.15, 0.2) is 11.5 Å².